The maximum Gasteiger partial charge on any atom is 1.00 e. The van der Waals surface area contributed by atoms with Gasteiger partial charge in [-0.2, -0.15) is 28.9 Å². The van der Waals surface area contributed by atoms with Gasteiger partial charge in [-0.15, -0.1) is 20.5 Å². The average Bonchev–Trinajstić information content (AvgIpc) is 3.22. The Bertz CT molecular complexity index is 3270. The van der Waals surface area contributed by atoms with Crippen LogP contribution in [0.5, 0.6) is 5.75 Å². The molecule has 0 saturated heterocycles. The number of hydrogen-bond donors (Lipinski definition) is 6. The molecule has 0 saturated carbocycles. The maximum atomic E-state index is 13.3. The van der Waals surface area contributed by atoms with Crippen molar-refractivity contribution in [1.82, 2.24) is 0 Å². The second-order valence-corrected chi connectivity index (χ2v) is 16.1. The monoisotopic (exact) mass is 915 g/mol. The first-order chi connectivity index (χ1) is 29.4. The molecule has 0 fully saturated rings. The second-order valence-electron chi connectivity index (χ2n) is 13.3. The molecule has 0 aliphatic carbocycles. The zero-order chi connectivity index (χ0) is 44.3. The van der Waals surface area contributed by atoms with E-state index in [-0.39, 0.29) is 86.9 Å². The van der Waals surface area contributed by atoms with Crippen LogP contribution in [0.3, 0.4) is 0 Å². The van der Waals surface area contributed by atoms with Crippen molar-refractivity contribution in [2.45, 2.75) is 9.79 Å². The van der Waals surface area contributed by atoms with Crippen molar-refractivity contribution >= 4 is 105 Å². The first-order valence-corrected chi connectivity index (χ1v) is 20.6. The van der Waals surface area contributed by atoms with Crippen LogP contribution in [-0.2, 0) is 20.2 Å². The second kappa shape index (κ2) is 20.1. The van der Waals surface area contributed by atoms with Gasteiger partial charge in [0.2, 0.25) is 0 Å². The van der Waals surface area contributed by atoms with Gasteiger partial charge in [-0.25, -0.2) is 8.42 Å². The summed E-state index contributed by atoms with van der Waals surface area (Å²) in [5.74, 6) is -1.06. The van der Waals surface area contributed by atoms with Gasteiger partial charge >= 0.3 is 59.1 Å². The van der Waals surface area contributed by atoms with E-state index in [2.05, 4.69) is 40.9 Å². The summed E-state index contributed by atoms with van der Waals surface area (Å²) in [4.78, 5) is -1.75. The summed E-state index contributed by atoms with van der Waals surface area (Å²) in [5, 5.41) is 46.0. The molecular formula is C40H31N13Na2O7S2. The topological polar surface area (TPSA) is 364 Å². The number of azo groups is 4. The summed E-state index contributed by atoms with van der Waals surface area (Å²) in [5.41, 5.74) is 34.5. The quantitative estimate of drug-likeness (QED) is 0.0471. The Labute approximate surface area is 409 Å². The van der Waals surface area contributed by atoms with Gasteiger partial charge in [-0.3, -0.25) is 4.55 Å². The zero-order valence-corrected chi connectivity index (χ0v) is 39.4. The number of rotatable bonds is 11. The Morgan fingerprint density at radius 3 is 1.50 bits per heavy atom. The molecule has 11 N–H and O–H groups in total. The summed E-state index contributed by atoms with van der Waals surface area (Å²) in [7, 11) is -10.1. The number of nitrogens with zero attached hydrogens (tertiary/aromatic N) is 8. The average molecular weight is 916 g/mol. The van der Waals surface area contributed by atoms with E-state index in [9.17, 15) is 31.0 Å². The summed E-state index contributed by atoms with van der Waals surface area (Å²) >= 11 is 0. The Hall–Kier alpha value is -6.18. The number of hydrogen-bond acceptors (Lipinski definition) is 19. The van der Waals surface area contributed by atoms with E-state index in [0.29, 0.717) is 45.5 Å². The molecule has 0 aliphatic rings. The van der Waals surface area contributed by atoms with E-state index >= 15 is 0 Å². The summed E-state index contributed by atoms with van der Waals surface area (Å²) in [6.45, 7) is 0. The number of nitrogens with two attached hydrogens (primary N) is 5. The van der Waals surface area contributed by atoms with E-state index in [4.69, 9.17) is 28.7 Å². The van der Waals surface area contributed by atoms with Crippen LogP contribution >= 0.6 is 0 Å². The molecule has 7 rings (SSSR count). The van der Waals surface area contributed by atoms with Gasteiger partial charge in [-0.1, -0.05) is 36.1 Å². The van der Waals surface area contributed by atoms with Crippen LogP contribution in [0.2, 0.25) is 0 Å². The van der Waals surface area contributed by atoms with E-state index in [1.165, 1.54) is 6.07 Å². The predicted molar refractivity (Wildman–Crippen MR) is 231 cm³/mol. The van der Waals surface area contributed by atoms with Crippen molar-refractivity contribution in [2.75, 3.05) is 28.7 Å². The molecule has 0 spiro atoms. The zero-order valence-electron chi connectivity index (χ0n) is 33.7. The van der Waals surface area contributed by atoms with Crippen molar-refractivity contribution in [3.8, 4) is 16.9 Å². The normalized spacial score (nSPS) is 12.0. The molecule has 0 aliphatic heterocycles. The first kappa shape index (κ1) is 48.8. The first-order valence-electron chi connectivity index (χ1n) is 17.7. The van der Waals surface area contributed by atoms with Gasteiger partial charge in [0.1, 0.15) is 32.1 Å². The number of nitrogen functional groups attached to an aromatic ring is 5. The van der Waals surface area contributed by atoms with Gasteiger partial charge in [0.25, 0.3) is 10.1 Å². The Kier molecular flexibility index (Phi) is 15.4. The van der Waals surface area contributed by atoms with Crippen LogP contribution in [0.25, 0.3) is 21.9 Å². The standard InChI is InChI=1S/C40H33N13O7S2.2Na/c41-24-8-13-34(30(42)16-24)50-48-27-2-1-3-28(17-27)49-52-36-20-35(31(43)19-32(36)44)51-46-25-9-4-21(5-10-25)22-6-11-26(12-7-22)47-53-39-37(62(58,59)60)15-23-14-29(61(55,56)57)18-33(45)38(23)40(39)54;;/h1-20,54H,41-45H2,(H,55,56,57)(H,58,59,60);;/q;2*+1/p-2. The van der Waals surface area contributed by atoms with Crippen molar-refractivity contribution in [3.05, 3.63) is 121 Å². The van der Waals surface area contributed by atoms with Gasteiger partial charge in [0, 0.05) is 11.4 Å². The molecule has 0 bridgehead atoms. The smallest absolute Gasteiger partial charge is 0.870 e. The van der Waals surface area contributed by atoms with Gasteiger partial charge in [0.05, 0.1) is 50.4 Å². The molecule has 24 heteroatoms. The molecular weight excluding hydrogens is 885 g/mol. The molecule has 0 radical (unpaired) electrons. The Morgan fingerprint density at radius 2 is 0.984 bits per heavy atom. The Morgan fingerprint density at radius 1 is 0.484 bits per heavy atom. The van der Waals surface area contributed by atoms with Crippen molar-refractivity contribution in [2.24, 2.45) is 40.9 Å². The molecule has 7 aromatic carbocycles. The molecule has 0 unspecified atom stereocenters. The third-order valence-corrected chi connectivity index (χ3v) is 10.6. The maximum absolute atomic E-state index is 13.3. The van der Waals surface area contributed by atoms with Crippen LogP contribution in [0.15, 0.2) is 172 Å². The van der Waals surface area contributed by atoms with Crippen molar-refractivity contribution in [3.63, 3.8) is 0 Å². The molecule has 20 nitrogen and oxygen atoms in total. The molecule has 0 atom stereocenters. The molecule has 64 heavy (non-hydrogen) atoms. The fourth-order valence-electron chi connectivity index (χ4n) is 5.86. The predicted octanol–water partition coefficient (Wildman–Crippen LogP) is 3.31. The number of fused-ring (bicyclic) bond motifs is 1. The van der Waals surface area contributed by atoms with E-state index in [1.54, 1.807) is 97.1 Å². The summed E-state index contributed by atoms with van der Waals surface area (Å²) < 4.78 is 68.9. The van der Waals surface area contributed by atoms with E-state index in [0.717, 1.165) is 29.3 Å². The number of benzene rings is 7. The minimum Gasteiger partial charge on any atom is -0.870 e. The number of anilines is 5. The van der Waals surface area contributed by atoms with Crippen LogP contribution in [0.4, 0.5) is 73.9 Å². The molecule has 0 amide bonds. The van der Waals surface area contributed by atoms with Crippen LogP contribution in [0, 0.1) is 0 Å². The summed E-state index contributed by atoms with van der Waals surface area (Å²) in [6, 6.07) is 30.7. The van der Waals surface area contributed by atoms with Crippen LogP contribution < -0.4 is 92.9 Å². The third-order valence-electron chi connectivity index (χ3n) is 8.91. The minimum absolute atomic E-state index is 0. The van der Waals surface area contributed by atoms with Crippen LogP contribution in [0.1, 0.15) is 0 Å². The molecule has 7 aromatic rings. The molecule has 0 aromatic heterocycles. The largest absolute Gasteiger partial charge is 1.00 e. The fraction of sp³-hybridized carbons (Fsp3) is 0. The third kappa shape index (κ3) is 11.5. The molecule has 312 valence electrons. The van der Waals surface area contributed by atoms with E-state index < -0.39 is 47.2 Å². The van der Waals surface area contributed by atoms with Gasteiger partial charge in [-0.05, 0) is 113 Å². The van der Waals surface area contributed by atoms with Gasteiger partial charge < -0.3 is 38.3 Å². The van der Waals surface area contributed by atoms with Crippen molar-refractivity contribution < 1.29 is 90.2 Å². The Balaban J connectivity index is 0.00000385. The minimum atomic E-state index is -5.07. The van der Waals surface area contributed by atoms with Crippen molar-refractivity contribution in [1.29, 1.82) is 0 Å². The molecule has 0 heterocycles. The fourth-order valence-corrected chi connectivity index (χ4v) is 7.06. The van der Waals surface area contributed by atoms with E-state index in [1.807, 2.05) is 0 Å². The van der Waals surface area contributed by atoms with Gasteiger partial charge in [0.15, 0.2) is 0 Å². The summed E-state index contributed by atoms with van der Waals surface area (Å²) in [6.07, 6.45) is 0. The SMILES string of the molecule is Nc1ccc(N=Nc2cccc(N=Nc3cc(N=Nc4ccc(-c5ccc(N=Nc6c(S(=O)(=O)O)cc7cc(S(=O)(=O)[O-])cc(N)c7c6[O-])cc5)cc4)c(N)cc3N)c2)c(N)c1.[Na+].[Na+]. The van der Waals surface area contributed by atoms with Crippen LogP contribution in [-0.4, -0.2) is 25.9 Å².